The Balaban J connectivity index is 1.49. The summed E-state index contributed by atoms with van der Waals surface area (Å²) < 4.78 is 0. The summed E-state index contributed by atoms with van der Waals surface area (Å²) in [6.45, 7) is 1.62. The fraction of sp³-hybridized carbons (Fsp3) is 0.875. The van der Waals surface area contributed by atoms with Gasteiger partial charge >= 0.3 is 0 Å². The normalized spacial score (nSPS) is 34.0. The van der Waals surface area contributed by atoms with Crippen molar-refractivity contribution in [1.82, 2.24) is 15.5 Å². The van der Waals surface area contributed by atoms with Crippen LogP contribution >= 0.6 is 0 Å². The van der Waals surface area contributed by atoms with Crippen LogP contribution in [0.25, 0.3) is 0 Å². The van der Waals surface area contributed by atoms with Crippen molar-refractivity contribution in [2.75, 3.05) is 13.1 Å². The van der Waals surface area contributed by atoms with Crippen LogP contribution in [0.5, 0.6) is 0 Å². The lowest BCUT2D eigenvalue weighted by molar-refractivity contribution is -0.133. The summed E-state index contributed by atoms with van der Waals surface area (Å²) in [5.41, 5.74) is 0. The van der Waals surface area contributed by atoms with Crippen molar-refractivity contribution in [2.24, 2.45) is 0 Å². The van der Waals surface area contributed by atoms with Crippen molar-refractivity contribution >= 4 is 5.91 Å². The highest BCUT2D eigenvalue weighted by Crippen LogP contribution is 2.22. The molecule has 0 spiro atoms. The van der Waals surface area contributed by atoms with Crippen LogP contribution in [0.15, 0.2) is 0 Å². The molecule has 1 aliphatic carbocycles. The Labute approximate surface area is 127 Å². The van der Waals surface area contributed by atoms with Crippen molar-refractivity contribution in [3.8, 4) is 6.07 Å². The van der Waals surface area contributed by atoms with Crippen molar-refractivity contribution in [3.63, 3.8) is 0 Å². The van der Waals surface area contributed by atoms with Gasteiger partial charge in [-0.05, 0) is 32.1 Å². The lowest BCUT2D eigenvalue weighted by atomic mass is 9.94. The largest absolute Gasteiger partial charge is 0.325 e. The van der Waals surface area contributed by atoms with Gasteiger partial charge in [-0.1, -0.05) is 19.3 Å². The van der Waals surface area contributed by atoms with Crippen molar-refractivity contribution in [2.45, 2.75) is 75.5 Å². The van der Waals surface area contributed by atoms with E-state index < -0.39 is 0 Å². The number of carbonyl (C=O) groups excluding carboxylic acids is 1. The highest BCUT2D eigenvalue weighted by Gasteiger charge is 2.37. The van der Waals surface area contributed by atoms with E-state index in [0.717, 1.165) is 32.4 Å². The van der Waals surface area contributed by atoms with Gasteiger partial charge in [-0.25, -0.2) is 0 Å². The molecule has 3 rings (SSSR count). The zero-order valence-electron chi connectivity index (χ0n) is 12.7. The van der Waals surface area contributed by atoms with Gasteiger partial charge in [-0.2, -0.15) is 5.26 Å². The molecule has 1 unspecified atom stereocenters. The Hall–Kier alpha value is -1.12. The van der Waals surface area contributed by atoms with E-state index in [1.165, 1.54) is 32.1 Å². The van der Waals surface area contributed by atoms with Crippen molar-refractivity contribution in [3.05, 3.63) is 0 Å². The Kier molecular flexibility index (Phi) is 4.77. The minimum atomic E-state index is -0.204. The van der Waals surface area contributed by atoms with Gasteiger partial charge in [-0.15, -0.1) is 0 Å². The third kappa shape index (κ3) is 3.38. The van der Waals surface area contributed by atoms with Crippen LogP contribution in [0, 0.1) is 11.3 Å². The summed E-state index contributed by atoms with van der Waals surface area (Å²) in [5.74, 6) is 0.131. The molecule has 0 aromatic rings. The molecule has 1 saturated carbocycles. The topological polar surface area (TPSA) is 68.2 Å². The van der Waals surface area contributed by atoms with E-state index in [-0.39, 0.29) is 18.0 Å². The van der Waals surface area contributed by atoms with Crippen LogP contribution in [0.4, 0.5) is 0 Å². The number of amides is 1. The quantitative estimate of drug-likeness (QED) is 0.818. The Morgan fingerprint density at radius 3 is 2.71 bits per heavy atom. The summed E-state index contributed by atoms with van der Waals surface area (Å²) in [6, 6.07) is 3.00. The van der Waals surface area contributed by atoms with E-state index in [4.69, 9.17) is 5.26 Å². The summed E-state index contributed by atoms with van der Waals surface area (Å²) in [5, 5.41) is 16.2. The molecule has 2 N–H and O–H groups in total. The van der Waals surface area contributed by atoms with E-state index in [0.29, 0.717) is 12.1 Å². The van der Waals surface area contributed by atoms with Crippen LogP contribution < -0.4 is 10.6 Å². The summed E-state index contributed by atoms with van der Waals surface area (Å²) in [7, 11) is 0. The second-order valence-corrected chi connectivity index (χ2v) is 6.71. The molecule has 2 saturated heterocycles. The third-order valence-electron chi connectivity index (χ3n) is 5.19. The van der Waals surface area contributed by atoms with Gasteiger partial charge in [0.25, 0.3) is 0 Å². The third-order valence-corrected chi connectivity index (χ3v) is 5.19. The minimum absolute atomic E-state index is 0.0972. The highest BCUT2D eigenvalue weighted by atomic mass is 16.2. The van der Waals surface area contributed by atoms with Gasteiger partial charge in [0.2, 0.25) is 5.91 Å². The van der Waals surface area contributed by atoms with Crippen LogP contribution in [0.2, 0.25) is 0 Å². The first-order chi connectivity index (χ1) is 10.3. The van der Waals surface area contributed by atoms with Crippen LogP contribution in [0.1, 0.15) is 51.4 Å². The van der Waals surface area contributed by atoms with E-state index in [1.807, 2.05) is 0 Å². The van der Waals surface area contributed by atoms with Gasteiger partial charge < -0.3 is 15.5 Å². The lowest BCUT2D eigenvalue weighted by Crippen LogP contribution is -2.45. The average molecular weight is 290 g/mol. The first-order valence-electron chi connectivity index (χ1n) is 8.47. The predicted molar refractivity (Wildman–Crippen MR) is 80.6 cm³/mol. The highest BCUT2D eigenvalue weighted by molar-refractivity contribution is 5.83. The molecule has 0 bridgehead atoms. The fourth-order valence-corrected chi connectivity index (χ4v) is 4.02. The van der Waals surface area contributed by atoms with E-state index in [9.17, 15) is 4.79 Å². The molecule has 3 atom stereocenters. The van der Waals surface area contributed by atoms with Gasteiger partial charge in [0.1, 0.15) is 6.04 Å². The first kappa shape index (κ1) is 14.8. The Morgan fingerprint density at radius 1 is 1.14 bits per heavy atom. The Morgan fingerprint density at radius 2 is 1.95 bits per heavy atom. The van der Waals surface area contributed by atoms with Gasteiger partial charge in [0.15, 0.2) is 0 Å². The monoisotopic (exact) mass is 290 g/mol. The SMILES string of the molecule is N#CC1CCCN1C(=O)[C@@H]1C[C@H](NC2CCCCC2)CN1. The zero-order valence-corrected chi connectivity index (χ0v) is 12.7. The lowest BCUT2D eigenvalue weighted by Gasteiger charge is -2.26. The molecule has 2 aliphatic heterocycles. The number of carbonyl (C=O) groups is 1. The molecule has 3 fully saturated rings. The first-order valence-corrected chi connectivity index (χ1v) is 8.47. The van der Waals surface area contributed by atoms with Gasteiger partial charge in [0.05, 0.1) is 12.1 Å². The molecule has 0 radical (unpaired) electrons. The second-order valence-electron chi connectivity index (χ2n) is 6.71. The zero-order chi connectivity index (χ0) is 14.7. The van der Waals surface area contributed by atoms with Gasteiger partial charge in [0, 0.05) is 25.2 Å². The van der Waals surface area contributed by atoms with Gasteiger partial charge in [-0.3, -0.25) is 4.79 Å². The van der Waals surface area contributed by atoms with Crippen LogP contribution in [-0.4, -0.2) is 48.1 Å². The second kappa shape index (κ2) is 6.76. The molecule has 5 heteroatoms. The maximum absolute atomic E-state index is 12.5. The number of hydrogen-bond acceptors (Lipinski definition) is 4. The van der Waals surface area contributed by atoms with Crippen LogP contribution in [-0.2, 0) is 4.79 Å². The molecule has 21 heavy (non-hydrogen) atoms. The number of nitrogens with one attached hydrogen (secondary N) is 2. The molecule has 1 amide bonds. The smallest absolute Gasteiger partial charge is 0.240 e. The van der Waals surface area contributed by atoms with E-state index >= 15 is 0 Å². The maximum Gasteiger partial charge on any atom is 0.240 e. The molecule has 2 heterocycles. The van der Waals surface area contributed by atoms with E-state index in [1.54, 1.807) is 4.90 Å². The summed E-state index contributed by atoms with van der Waals surface area (Å²) >= 11 is 0. The summed E-state index contributed by atoms with van der Waals surface area (Å²) in [6.07, 6.45) is 9.24. The van der Waals surface area contributed by atoms with Crippen LogP contribution in [0.3, 0.4) is 0 Å². The number of rotatable bonds is 3. The average Bonchev–Trinajstić information content (AvgIpc) is 3.16. The number of likely N-dealkylation sites (tertiary alicyclic amines) is 1. The summed E-state index contributed by atoms with van der Waals surface area (Å²) in [4.78, 5) is 14.3. The molecular formula is C16H26N4O. The maximum atomic E-state index is 12.5. The molecular weight excluding hydrogens is 264 g/mol. The molecule has 3 aliphatic rings. The molecule has 0 aromatic heterocycles. The Bertz CT molecular complexity index is 413. The number of nitrogens with zero attached hydrogens (tertiary/aromatic N) is 2. The fourth-order valence-electron chi connectivity index (χ4n) is 4.02. The van der Waals surface area contributed by atoms with E-state index in [2.05, 4.69) is 16.7 Å². The number of nitriles is 1. The molecule has 0 aromatic carbocycles. The molecule has 116 valence electrons. The molecule has 5 nitrogen and oxygen atoms in total. The standard InChI is InChI=1S/C16H26N4O/c17-10-14-7-4-8-20(14)16(21)15-9-13(11-18-15)19-12-5-2-1-3-6-12/h12-15,18-19H,1-9,11H2/t13-,14?,15-/m0/s1. The minimum Gasteiger partial charge on any atom is -0.325 e. The van der Waals surface area contributed by atoms with Crippen molar-refractivity contribution < 1.29 is 4.79 Å². The predicted octanol–water partition coefficient (Wildman–Crippen LogP) is 1.15. The van der Waals surface area contributed by atoms with Crippen molar-refractivity contribution in [1.29, 1.82) is 5.26 Å². The number of hydrogen-bond donors (Lipinski definition) is 2.